The molecule has 3 N–H and O–H groups in total. The van der Waals surface area contributed by atoms with Crippen LogP contribution in [-0.2, 0) is 5.41 Å². The Morgan fingerprint density at radius 1 is 1.10 bits per heavy atom. The minimum Gasteiger partial charge on any atom is -0.402 e. The number of nitrogens with two attached hydrogens (primary N) is 1. The van der Waals surface area contributed by atoms with E-state index in [4.69, 9.17) is 15.1 Å². The lowest BCUT2D eigenvalue weighted by atomic mass is 9.87. The summed E-state index contributed by atoms with van der Waals surface area (Å²) < 4.78 is 5.90. The van der Waals surface area contributed by atoms with E-state index in [9.17, 15) is 0 Å². The van der Waals surface area contributed by atoms with E-state index in [-0.39, 0.29) is 17.5 Å². The molecule has 1 aliphatic carbocycles. The summed E-state index contributed by atoms with van der Waals surface area (Å²) in [6.07, 6.45) is 4.43. The minimum absolute atomic E-state index is 0.131. The van der Waals surface area contributed by atoms with E-state index >= 15 is 0 Å². The molecule has 4 rings (SSSR count). The van der Waals surface area contributed by atoms with Gasteiger partial charge in [0.15, 0.2) is 0 Å². The second-order valence-electron chi connectivity index (χ2n) is 8.87. The zero-order valence-electron chi connectivity index (χ0n) is 17.5. The molecule has 0 bridgehead atoms. The third-order valence-corrected chi connectivity index (χ3v) is 6.74. The molecule has 1 aliphatic rings. The second-order valence-corrected chi connectivity index (χ2v) is 9.87. The first-order valence-corrected chi connectivity index (χ1v) is 11.1. The van der Waals surface area contributed by atoms with Gasteiger partial charge in [0, 0.05) is 17.6 Å². The Balaban J connectivity index is 1.53. The molecule has 1 fully saturated rings. The molecule has 2 aromatic heterocycles. The van der Waals surface area contributed by atoms with E-state index in [2.05, 4.69) is 60.6 Å². The van der Waals surface area contributed by atoms with E-state index in [1.807, 2.05) is 6.92 Å². The molecule has 2 heterocycles. The molecule has 0 radical (unpaired) electrons. The van der Waals surface area contributed by atoms with E-state index in [0.717, 1.165) is 34.0 Å². The van der Waals surface area contributed by atoms with Crippen molar-refractivity contribution in [3.8, 4) is 21.3 Å². The van der Waals surface area contributed by atoms with Gasteiger partial charge in [-0.1, -0.05) is 63.0 Å². The van der Waals surface area contributed by atoms with Crippen molar-refractivity contribution in [1.29, 1.82) is 0 Å². The fourth-order valence-corrected chi connectivity index (χ4v) is 4.69. The van der Waals surface area contributed by atoms with Crippen LogP contribution in [0.5, 0.6) is 0 Å². The highest BCUT2D eigenvalue weighted by molar-refractivity contribution is 7.18. The van der Waals surface area contributed by atoms with Gasteiger partial charge in [-0.25, -0.2) is 4.98 Å². The van der Waals surface area contributed by atoms with E-state index in [1.165, 1.54) is 18.4 Å². The van der Waals surface area contributed by atoms with Crippen molar-refractivity contribution in [3.05, 3.63) is 35.5 Å². The Labute approximate surface area is 176 Å². The smallest absolute Gasteiger partial charge is 0.316 e. The monoisotopic (exact) mass is 411 g/mol. The van der Waals surface area contributed by atoms with Gasteiger partial charge in [0.25, 0.3) is 5.89 Å². The largest absolute Gasteiger partial charge is 0.402 e. The standard InChI is InChI=1S/C22H29N5OS/c1-13-18(19-26-27-21(28-19)25-17-8-6-5-7-16(17)23)29-20(24-13)14-9-11-15(12-10-14)22(2,3)4/h9-12,16-17H,5-8,23H2,1-4H3,(H,25,27)/t16-,17+/m1/s1. The zero-order chi connectivity index (χ0) is 20.6. The third-order valence-electron chi connectivity index (χ3n) is 5.54. The zero-order valence-corrected chi connectivity index (χ0v) is 18.3. The van der Waals surface area contributed by atoms with Crippen LogP contribution in [-0.4, -0.2) is 27.3 Å². The normalized spacial score (nSPS) is 20.0. The molecular weight excluding hydrogens is 382 g/mol. The first kappa shape index (κ1) is 20.0. The predicted molar refractivity (Wildman–Crippen MR) is 118 cm³/mol. The van der Waals surface area contributed by atoms with Crippen LogP contribution in [0.3, 0.4) is 0 Å². The summed E-state index contributed by atoms with van der Waals surface area (Å²) in [5, 5.41) is 12.7. The number of benzene rings is 1. The van der Waals surface area contributed by atoms with Crippen molar-refractivity contribution in [1.82, 2.24) is 15.2 Å². The van der Waals surface area contributed by atoms with Crippen molar-refractivity contribution in [2.45, 2.75) is 70.9 Å². The van der Waals surface area contributed by atoms with Gasteiger partial charge < -0.3 is 15.5 Å². The van der Waals surface area contributed by atoms with Crippen molar-refractivity contribution < 1.29 is 4.42 Å². The predicted octanol–water partition coefficient (Wildman–Crippen LogP) is 5.15. The van der Waals surface area contributed by atoms with Crippen LogP contribution in [0.1, 0.15) is 57.7 Å². The Hall–Kier alpha value is -2.25. The molecule has 7 heteroatoms. The maximum atomic E-state index is 6.21. The highest BCUT2D eigenvalue weighted by Crippen LogP contribution is 2.36. The summed E-state index contributed by atoms with van der Waals surface area (Å²) in [6, 6.07) is 9.37. The van der Waals surface area contributed by atoms with Crippen LogP contribution < -0.4 is 11.1 Å². The summed E-state index contributed by atoms with van der Waals surface area (Å²) in [5.41, 5.74) is 9.66. The first-order chi connectivity index (χ1) is 13.8. The molecule has 2 atom stereocenters. The van der Waals surface area contributed by atoms with Gasteiger partial charge in [0.2, 0.25) is 0 Å². The molecule has 154 valence electrons. The lowest BCUT2D eigenvalue weighted by molar-refractivity contribution is 0.395. The van der Waals surface area contributed by atoms with Crippen LogP contribution in [0.15, 0.2) is 28.7 Å². The molecule has 3 aromatic rings. The number of hydrogen-bond acceptors (Lipinski definition) is 7. The van der Waals surface area contributed by atoms with Gasteiger partial charge in [-0.15, -0.1) is 16.4 Å². The molecule has 1 aromatic carbocycles. The summed E-state index contributed by atoms with van der Waals surface area (Å²) in [5.74, 6) is 0.504. The molecule has 0 spiro atoms. The maximum absolute atomic E-state index is 6.21. The molecule has 0 saturated heterocycles. The molecule has 1 saturated carbocycles. The number of aromatic nitrogens is 3. The summed E-state index contributed by atoms with van der Waals surface area (Å²) in [6.45, 7) is 8.63. The first-order valence-electron chi connectivity index (χ1n) is 10.3. The maximum Gasteiger partial charge on any atom is 0.316 e. The number of rotatable bonds is 4. The SMILES string of the molecule is Cc1nc(-c2ccc(C(C)(C)C)cc2)sc1-c1nnc(N[C@H]2CCCC[C@H]2N)o1. The third kappa shape index (κ3) is 4.36. The molecule has 6 nitrogen and oxygen atoms in total. The van der Waals surface area contributed by atoms with Crippen LogP contribution >= 0.6 is 11.3 Å². The topological polar surface area (TPSA) is 89.9 Å². The quantitative estimate of drug-likeness (QED) is 0.617. The second kappa shape index (κ2) is 7.88. The number of hydrogen-bond donors (Lipinski definition) is 2. The Bertz CT molecular complexity index is 970. The number of anilines is 1. The average Bonchev–Trinajstić information content (AvgIpc) is 3.29. The highest BCUT2D eigenvalue weighted by atomic mass is 32.1. The Kier molecular flexibility index (Phi) is 5.44. The van der Waals surface area contributed by atoms with Gasteiger partial charge in [-0.2, -0.15) is 0 Å². The molecule has 29 heavy (non-hydrogen) atoms. The summed E-state index contributed by atoms with van der Waals surface area (Å²) in [7, 11) is 0. The van der Waals surface area contributed by atoms with Crippen molar-refractivity contribution in [2.75, 3.05) is 5.32 Å². The van der Waals surface area contributed by atoms with E-state index < -0.39 is 0 Å². The molecule has 0 aliphatic heterocycles. The van der Waals surface area contributed by atoms with Gasteiger partial charge in [0.05, 0.1) is 5.69 Å². The lowest BCUT2D eigenvalue weighted by Gasteiger charge is -2.28. The number of nitrogens with zero attached hydrogens (tertiary/aromatic N) is 3. The Morgan fingerprint density at radius 3 is 2.52 bits per heavy atom. The summed E-state index contributed by atoms with van der Waals surface area (Å²) in [4.78, 5) is 5.65. The minimum atomic E-state index is 0.131. The molecular formula is C22H29N5OS. The highest BCUT2D eigenvalue weighted by Gasteiger charge is 2.24. The van der Waals surface area contributed by atoms with Crippen molar-refractivity contribution in [3.63, 3.8) is 0 Å². The summed E-state index contributed by atoms with van der Waals surface area (Å²) >= 11 is 1.58. The molecule has 0 unspecified atom stereocenters. The van der Waals surface area contributed by atoms with E-state index in [1.54, 1.807) is 11.3 Å². The van der Waals surface area contributed by atoms with Gasteiger partial charge in [0.1, 0.15) is 9.88 Å². The number of nitrogens with one attached hydrogen (secondary N) is 1. The van der Waals surface area contributed by atoms with Crippen LogP contribution in [0, 0.1) is 6.92 Å². The fraction of sp³-hybridized carbons (Fsp3) is 0.500. The van der Waals surface area contributed by atoms with Gasteiger partial charge in [-0.05, 0) is 30.7 Å². The van der Waals surface area contributed by atoms with Crippen LogP contribution in [0.4, 0.5) is 6.01 Å². The molecule has 0 amide bonds. The van der Waals surface area contributed by atoms with Gasteiger partial charge in [-0.3, -0.25) is 0 Å². The average molecular weight is 412 g/mol. The lowest BCUT2D eigenvalue weighted by Crippen LogP contribution is -2.42. The van der Waals surface area contributed by atoms with E-state index in [0.29, 0.717) is 11.9 Å². The fourth-order valence-electron chi connectivity index (χ4n) is 3.70. The van der Waals surface area contributed by atoms with Crippen LogP contribution in [0.2, 0.25) is 0 Å². The van der Waals surface area contributed by atoms with Gasteiger partial charge >= 0.3 is 6.01 Å². The Morgan fingerprint density at radius 2 is 1.83 bits per heavy atom. The van der Waals surface area contributed by atoms with Crippen LogP contribution in [0.25, 0.3) is 21.3 Å². The number of thiazole rings is 1. The van der Waals surface area contributed by atoms with Crippen molar-refractivity contribution >= 4 is 17.4 Å². The number of aryl methyl sites for hydroxylation is 1. The van der Waals surface area contributed by atoms with Crippen molar-refractivity contribution in [2.24, 2.45) is 5.73 Å².